The summed E-state index contributed by atoms with van der Waals surface area (Å²) in [6.45, 7) is 0. The summed E-state index contributed by atoms with van der Waals surface area (Å²) in [4.78, 5) is 3.73. The molecule has 2 aromatic heterocycles. The molecule has 2 N–H and O–H groups in total. The van der Waals surface area contributed by atoms with Gasteiger partial charge in [0.2, 0.25) is 0 Å². The highest BCUT2D eigenvalue weighted by atomic mass is 79.9. The molecule has 0 fully saturated rings. The molecule has 0 bridgehead atoms. The molecular weight excluding hydrogens is 263 g/mol. The van der Waals surface area contributed by atoms with Gasteiger partial charge in [-0.2, -0.15) is 0 Å². The van der Waals surface area contributed by atoms with Crippen LogP contribution >= 0.6 is 15.9 Å². The molecule has 0 aromatic carbocycles. The quantitative estimate of drug-likeness (QED) is 0.913. The van der Waals surface area contributed by atoms with Crippen LogP contribution in [0.25, 0.3) is 0 Å². The molecule has 1 atom stereocenters. The van der Waals surface area contributed by atoms with Crippen molar-refractivity contribution in [3.63, 3.8) is 0 Å². The highest BCUT2D eigenvalue weighted by Crippen LogP contribution is 2.27. The first kappa shape index (κ1) is 10.3. The number of furan rings is 1. The molecule has 15 heavy (non-hydrogen) atoms. The van der Waals surface area contributed by atoms with Crippen molar-refractivity contribution in [2.45, 2.75) is 6.04 Å². The molecule has 3 nitrogen and oxygen atoms in total. The van der Waals surface area contributed by atoms with E-state index in [1.165, 1.54) is 18.5 Å². The van der Waals surface area contributed by atoms with Crippen molar-refractivity contribution in [1.29, 1.82) is 0 Å². The van der Waals surface area contributed by atoms with Crippen LogP contribution in [0.1, 0.15) is 17.4 Å². The summed E-state index contributed by atoms with van der Waals surface area (Å²) in [7, 11) is 0. The van der Waals surface area contributed by atoms with Crippen molar-refractivity contribution >= 4 is 15.9 Å². The lowest BCUT2D eigenvalue weighted by molar-refractivity contribution is 0.486. The van der Waals surface area contributed by atoms with Crippen molar-refractivity contribution in [2.24, 2.45) is 5.73 Å². The molecule has 0 aliphatic heterocycles. The molecule has 0 saturated carbocycles. The second-order valence-electron chi connectivity index (χ2n) is 3.05. The van der Waals surface area contributed by atoms with Crippen molar-refractivity contribution in [3.05, 3.63) is 52.4 Å². The van der Waals surface area contributed by atoms with E-state index in [-0.39, 0.29) is 0 Å². The van der Waals surface area contributed by atoms with Gasteiger partial charge in [-0.05, 0) is 33.6 Å². The Hall–Kier alpha value is -1.20. The van der Waals surface area contributed by atoms with Gasteiger partial charge in [0, 0.05) is 6.20 Å². The Balaban J connectivity index is 2.36. The van der Waals surface area contributed by atoms with E-state index in [0.29, 0.717) is 11.3 Å². The number of rotatable bonds is 2. The van der Waals surface area contributed by atoms with Crippen LogP contribution in [0.4, 0.5) is 4.39 Å². The topological polar surface area (TPSA) is 52.0 Å². The third-order valence-electron chi connectivity index (χ3n) is 2.01. The van der Waals surface area contributed by atoms with Crippen LogP contribution in [0.3, 0.4) is 0 Å². The second-order valence-corrected chi connectivity index (χ2v) is 3.90. The standard InChI is InChI=1S/C10H8BrFN2O/c11-8-1-2-15-10(8)9(13)6-3-7(12)5-14-4-6/h1-5,9H,13H2. The largest absolute Gasteiger partial charge is 0.466 e. The predicted octanol–water partition coefficient (Wildman–Crippen LogP) is 2.62. The summed E-state index contributed by atoms with van der Waals surface area (Å²) in [5.41, 5.74) is 6.47. The van der Waals surface area contributed by atoms with Crippen molar-refractivity contribution in [1.82, 2.24) is 4.98 Å². The van der Waals surface area contributed by atoms with Crippen LogP contribution in [0.2, 0.25) is 0 Å². The van der Waals surface area contributed by atoms with Crippen LogP contribution < -0.4 is 5.73 Å². The summed E-state index contributed by atoms with van der Waals surface area (Å²) in [5, 5.41) is 0. The minimum absolute atomic E-state index is 0.411. The molecule has 0 amide bonds. The Morgan fingerprint density at radius 3 is 2.87 bits per heavy atom. The molecule has 1 unspecified atom stereocenters. The third kappa shape index (κ3) is 2.08. The van der Waals surface area contributed by atoms with Gasteiger partial charge in [-0.25, -0.2) is 4.39 Å². The molecule has 78 valence electrons. The fourth-order valence-electron chi connectivity index (χ4n) is 1.28. The van der Waals surface area contributed by atoms with Crippen LogP contribution in [0.15, 0.2) is 39.7 Å². The number of pyridine rings is 1. The molecule has 5 heteroatoms. The smallest absolute Gasteiger partial charge is 0.141 e. The Morgan fingerprint density at radius 1 is 1.47 bits per heavy atom. The molecule has 0 spiro atoms. The van der Waals surface area contributed by atoms with Gasteiger partial charge in [-0.3, -0.25) is 4.98 Å². The van der Waals surface area contributed by atoms with Gasteiger partial charge in [0.25, 0.3) is 0 Å². The lowest BCUT2D eigenvalue weighted by Crippen LogP contribution is -2.12. The van der Waals surface area contributed by atoms with E-state index in [1.807, 2.05) is 0 Å². The van der Waals surface area contributed by atoms with E-state index in [9.17, 15) is 4.39 Å². The number of hydrogen-bond acceptors (Lipinski definition) is 3. The van der Waals surface area contributed by atoms with Crippen LogP contribution in [0, 0.1) is 5.82 Å². The average molecular weight is 271 g/mol. The highest BCUT2D eigenvalue weighted by Gasteiger charge is 2.16. The van der Waals surface area contributed by atoms with Gasteiger partial charge in [-0.15, -0.1) is 0 Å². The summed E-state index contributed by atoms with van der Waals surface area (Å²) in [6, 6.07) is 2.56. The first-order chi connectivity index (χ1) is 7.18. The van der Waals surface area contributed by atoms with Gasteiger partial charge in [0.05, 0.1) is 23.0 Å². The maximum atomic E-state index is 12.9. The van der Waals surface area contributed by atoms with Crippen LogP contribution in [-0.4, -0.2) is 4.98 Å². The van der Waals surface area contributed by atoms with Gasteiger partial charge in [0.15, 0.2) is 0 Å². The summed E-state index contributed by atoms with van der Waals surface area (Å²) < 4.78 is 18.9. The zero-order chi connectivity index (χ0) is 10.8. The lowest BCUT2D eigenvalue weighted by Gasteiger charge is -2.09. The molecule has 2 aromatic rings. The maximum Gasteiger partial charge on any atom is 0.141 e. The minimum atomic E-state index is -0.516. The zero-order valence-corrected chi connectivity index (χ0v) is 9.24. The average Bonchev–Trinajstić information content (AvgIpc) is 2.63. The maximum absolute atomic E-state index is 12.9. The highest BCUT2D eigenvalue weighted by molar-refractivity contribution is 9.10. The lowest BCUT2D eigenvalue weighted by atomic mass is 10.1. The van der Waals surface area contributed by atoms with Crippen molar-refractivity contribution < 1.29 is 8.81 Å². The minimum Gasteiger partial charge on any atom is -0.466 e. The molecule has 0 saturated heterocycles. The van der Waals surface area contributed by atoms with Gasteiger partial charge >= 0.3 is 0 Å². The number of halogens is 2. The van der Waals surface area contributed by atoms with Gasteiger partial charge < -0.3 is 10.2 Å². The van der Waals surface area contributed by atoms with E-state index in [0.717, 1.165) is 10.7 Å². The molecule has 2 rings (SSSR count). The van der Waals surface area contributed by atoms with Crippen molar-refractivity contribution in [2.75, 3.05) is 0 Å². The van der Waals surface area contributed by atoms with Crippen LogP contribution in [-0.2, 0) is 0 Å². The predicted molar refractivity (Wildman–Crippen MR) is 56.6 cm³/mol. The Kier molecular flexibility index (Phi) is 2.83. The Bertz CT molecular complexity index is 472. The van der Waals surface area contributed by atoms with Gasteiger partial charge in [-0.1, -0.05) is 0 Å². The second kappa shape index (κ2) is 4.12. The van der Waals surface area contributed by atoms with E-state index < -0.39 is 11.9 Å². The fourth-order valence-corrected chi connectivity index (χ4v) is 1.73. The van der Waals surface area contributed by atoms with E-state index in [2.05, 4.69) is 20.9 Å². The van der Waals surface area contributed by atoms with E-state index in [4.69, 9.17) is 10.2 Å². The Morgan fingerprint density at radius 2 is 2.27 bits per heavy atom. The van der Waals surface area contributed by atoms with E-state index in [1.54, 1.807) is 6.07 Å². The molecule has 2 heterocycles. The van der Waals surface area contributed by atoms with E-state index >= 15 is 0 Å². The first-order valence-electron chi connectivity index (χ1n) is 4.27. The molecule has 0 radical (unpaired) electrons. The summed E-state index contributed by atoms with van der Waals surface area (Å²) >= 11 is 3.29. The third-order valence-corrected chi connectivity index (χ3v) is 2.67. The van der Waals surface area contributed by atoms with Gasteiger partial charge in [0.1, 0.15) is 11.6 Å². The van der Waals surface area contributed by atoms with Crippen molar-refractivity contribution in [3.8, 4) is 0 Å². The van der Waals surface area contributed by atoms with Crippen LogP contribution in [0.5, 0.6) is 0 Å². The SMILES string of the molecule is NC(c1cncc(F)c1)c1occc1Br. The normalized spacial score (nSPS) is 12.7. The number of hydrogen-bond donors (Lipinski definition) is 1. The number of nitrogens with zero attached hydrogens (tertiary/aromatic N) is 1. The monoisotopic (exact) mass is 270 g/mol. The molecule has 0 aliphatic rings. The number of nitrogens with two attached hydrogens (primary N) is 1. The summed E-state index contributed by atoms with van der Waals surface area (Å²) in [5.74, 6) is 0.146. The summed E-state index contributed by atoms with van der Waals surface area (Å²) in [6.07, 6.45) is 4.17. The zero-order valence-electron chi connectivity index (χ0n) is 7.65. The first-order valence-corrected chi connectivity index (χ1v) is 5.06. The Labute approximate surface area is 94.2 Å². The molecular formula is C10H8BrFN2O. The fraction of sp³-hybridized carbons (Fsp3) is 0.100. The molecule has 0 aliphatic carbocycles. The number of aromatic nitrogens is 1.